The first-order valence-electron chi connectivity index (χ1n) is 10.4. The van der Waals surface area contributed by atoms with Gasteiger partial charge in [-0.25, -0.2) is 13.1 Å². The smallest absolute Gasteiger partial charge is 0.290 e. The third-order valence-electron chi connectivity index (χ3n) is 6.07. The third kappa shape index (κ3) is 5.35. The number of carbonyl (C=O) groups excluding carboxylic acids is 1. The number of sulfonamides is 1. The number of rotatable bonds is 4. The van der Waals surface area contributed by atoms with Gasteiger partial charge in [-0.05, 0) is 57.1 Å². The van der Waals surface area contributed by atoms with Gasteiger partial charge < -0.3 is 14.7 Å². The summed E-state index contributed by atoms with van der Waals surface area (Å²) in [7, 11) is -3.58. The van der Waals surface area contributed by atoms with Crippen LogP contribution in [0.25, 0.3) is 0 Å². The summed E-state index contributed by atoms with van der Waals surface area (Å²) in [5, 5.41) is 6.89. The Morgan fingerprint density at radius 2 is 1.83 bits per heavy atom. The van der Waals surface area contributed by atoms with Gasteiger partial charge in [0, 0.05) is 49.7 Å². The highest BCUT2D eigenvalue weighted by Gasteiger charge is 2.43. The van der Waals surface area contributed by atoms with Gasteiger partial charge in [-0.2, -0.15) is 0 Å². The van der Waals surface area contributed by atoms with Crippen LogP contribution in [-0.4, -0.2) is 67.1 Å². The second kappa shape index (κ2) is 10.3. The van der Waals surface area contributed by atoms with Crippen molar-refractivity contribution in [2.75, 3.05) is 13.2 Å². The molecule has 4 rings (SSSR count). The molecule has 2 bridgehead atoms. The van der Waals surface area contributed by atoms with Crippen LogP contribution in [0.2, 0.25) is 0 Å². The molecule has 0 radical (unpaired) electrons. The van der Waals surface area contributed by atoms with E-state index in [1.54, 1.807) is 18.3 Å². The van der Waals surface area contributed by atoms with Gasteiger partial charge in [-0.1, -0.05) is 0 Å². The van der Waals surface area contributed by atoms with E-state index in [9.17, 15) is 13.2 Å². The van der Waals surface area contributed by atoms with Gasteiger partial charge in [-0.3, -0.25) is 14.6 Å². The van der Waals surface area contributed by atoms with Crippen molar-refractivity contribution < 1.29 is 27.9 Å². The molecule has 0 saturated carbocycles. The number of nitrogens with one attached hydrogen (secondary N) is 1. The van der Waals surface area contributed by atoms with Crippen LogP contribution in [0.15, 0.2) is 29.4 Å². The molecule has 3 aliphatic rings. The van der Waals surface area contributed by atoms with Gasteiger partial charge in [0.15, 0.2) is 0 Å². The SMILES string of the molecule is O=C(C1CCOCC1)N1[C@@H]2CCC[C@H]1CC(NS(=O)(=O)c1cccnc1)C2.O=CO. The molecular weight excluding hydrogens is 410 g/mol. The first-order chi connectivity index (χ1) is 14.5. The van der Waals surface area contributed by atoms with Crippen LogP contribution in [0.5, 0.6) is 0 Å². The van der Waals surface area contributed by atoms with Crippen molar-refractivity contribution in [2.24, 2.45) is 5.92 Å². The van der Waals surface area contributed by atoms with Gasteiger partial charge in [0.25, 0.3) is 6.47 Å². The maximum Gasteiger partial charge on any atom is 0.290 e. The van der Waals surface area contributed by atoms with Gasteiger partial charge in [0.05, 0.1) is 0 Å². The zero-order chi connectivity index (χ0) is 21.6. The first-order valence-corrected chi connectivity index (χ1v) is 11.8. The Kier molecular flexibility index (Phi) is 7.79. The van der Waals surface area contributed by atoms with Crippen LogP contribution in [0.3, 0.4) is 0 Å². The first kappa shape index (κ1) is 22.6. The van der Waals surface area contributed by atoms with E-state index in [0.717, 1.165) is 32.1 Å². The summed E-state index contributed by atoms with van der Waals surface area (Å²) in [5.74, 6) is 0.312. The molecule has 0 spiro atoms. The second-order valence-electron chi connectivity index (χ2n) is 7.95. The number of aromatic nitrogens is 1. The molecule has 2 N–H and O–H groups in total. The minimum atomic E-state index is -3.58. The number of hydrogen-bond donors (Lipinski definition) is 2. The van der Waals surface area contributed by atoms with Crippen molar-refractivity contribution in [3.8, 4) is 0 Å². The van der Waals surface area contributed by atoms with Gasteiger partial charge in [-0.15, -0.1) is 0 Å². The third-order valence-corrected chi connectivity index (χ3v) is 7.57. The van der Waals surface area contributed by atoms with Crippen LogP contribution >= 0.6 is 0 Å². The van der Waals surface area contributed by atoms with Gasteiger partial charge in [0.2, 0.25) is 15.9 Å². The molecule has 1 aromatic heterocycles. The van der Waals surface area contributed by atoms with Crippen LogP contribution in [-0.2, 0) is 24.3 Å². The molecule has 30 heavy (non-hydrogen) atoms. The quantitative estimate of drug-likeness (QED) is 0.679. The Bertz CT molecular complexity index is 799. The number of carbonyl (C=O) groups is 2. The van der Waals surface area contributed by atoms with E-state index in [2.05, 4.69) is 14.6 Å². The molecule has 1 unspecified atom stereocenters. The highest BCUT2D eigenvalue weighted by atomic mass is 32.2. The molecule has 3 fully saturated rings. The lowest BCUT2D eigenvalue weighted by Gasteiger charge is -2.50. The van der Waals surface area contributed by atoms with E-state index < -0.39 is 10.0 Å². The summed E-state index contributed by atoms with van der Waals surface area (Å²) >= 11 is 0. The number of ether oxygens (including phenoxy) is 1. The van der Waals surface area contributed by atoms with Crippen molar-refractivity contribution in [1.29, 1.82) is 0 Å². The lowest BCUT2D eigenvalue weighted by molar-refractivity contribution is -0.148. The lowest BCUT2D eigenvalue weighted by atomic mass is 9.80. The topological polar surface area (TPSA) is 126 Å². The Labute approximate surface area is 176 Å². The minimum Gasteiger partial charge on any atom is -0.483 e. The standard InChI is InChI=1S/C19H27N3O4S.CH2O2/c23-19(14-6-9-26-10-7-14)22-16-3-1-4-17(22)12-15(11-16)21-27(24,25)18-5-2-8-20-13-18;2-1-3/h2,5,8,13-17,21H,1,3-4,6-7,9-12H2;1H,(H,2,3)/t15?,16-,17+;. The molecule has 9 nitrogen and oxygen atoms in total. The average molecular weight is 440 g/mol. The molecule has 0 aromatic carbocycles. The van der Waals surface area contributed by atoms with E-state index in [4.69, 9.17) is 14.6 Å². The van der Waals surface area contributed by atoms with Crippen LogP contribution in [0.4, 0.5) is 0 Å². The largest absolute Gasteiger partial charge is 0.483 e. The fraction of sp³-hybridized carbons (Fsp3) is 0.650. The highest BCUT2D eigenvalue weighted by molar-refractivity contribution is 7.89. The summed E-state index contributed by atoms with van der Waals surface area (Å²) in [4.78, 5) is 27.7. The van der Waals surface area contributed by atoms with Gasteiger partial charge in [0.1, 0.15) is 4.90 Å². The summed E-state index contributed by atoms with van der Waals surface area (Å²) in [5.41, 5.74) is 0. The fourth-order valence-corrected chi connectivity index (χ4v) is 6.01. The monoisotopic (exact) mass is 439 g/mol. The molecule has 4 heterocycles. The Hall–Kier alpha value is -2.04. The van der Waals surface area contributed by atoms with E-state index in [-0.39, 0.29) is 41.3 Å². The molecular formula is C20H29N3O6S. The predicted molar refractivity (Wildman–Crippen MR) is 108 cm³/mol. The lowest BCUT2D eigenvalue weighted by Crippen LogP contribution is -2.60. The number of carboxylic acid groups (broad SMARTS) is 1. The number of amides is 1. The fourth-order valence-electron chi connectivity index (χ4n) is 4.79. The van der Waals surface area contributed by atoms with Crippen LogP contribution < -0.4 is 4.72 Å². The number of nitrogens with zero attached hydrogens (tertiary/aromatic N) is 2. The molecule has 3 aliphatic heterocycles. The maximum atomic E-state index is 13.1. The van der Waals surface area contributed by atoms with Crippen molar-refractivity contribution in [3.05, 3.63) is 24.5 Å². The average Bonchev–Trinajstić information content (AvgIpc) is 2.74. The number of pyridine rings is 1. The molecule has 3 saturated heterocycles. The molecule has 1 amide bonds. The maximum absolute atomic E-state index is 13.1. The zero-order valence-corrected chi connectivity index (χ0v) is 17.7. The van der Waals surface area contributed by atoms with E-state index in [1.807, 2.05) is 0 Å². The van der Waals surface area contributed by atoms with E-state index >= 15 is 0 Å². The highest BCUT2D eigenvalue weighted by Crippen LogP contribution is 2.36. The van der Waals surface area contributed by atoms with Crippen LogP contribution in [0.1, 0.15) is 44.9 Å². The van der Waals surface area contributed by atoms with E-state index in [1.165, 1.54) is 6.20 Å². The summed E-state index contributed by atoms with van der Waals surface area (Å²) in [6, 6.07) is 3.31. The zero-order valence-electron chi connectivity index (χ0n) is 16.9. The minimum absolute atomic E-state index is 0.0606. The molecule has 10 heteroatoms. The number of fused-ring (bicyclic) bond motifs is 2. The molecule has 3 atom stereocenters. The van der Waals surface area contributed by atoms with Crippen molar-refractivity contribution in [1.82, 2.24) is 14.6 Å². The molecule has 1 aromatic rings. The second-order valence-corrected chi connectivity index (χ2v) is 9.67. The number of piperidine rings is 2. The van der Waals surface area contributed by atoms with Crippen molar-refractivity contribution >= 4 is 22.4 Å². The Balaban J connectivity index is 0.000000806. The van der Waals surface area contributed by atoms with Gasteiger partial charge >= 0.3 is 0 Å². The Morgan fingerprint density at radius 3 is 2.40 bits per heavy atom. The van der Waals surface area contributed by atoms with E-state index in [0.29, 0.717) is 26.1 Å². The predicted octanol–water partition coefficient (Wildman–Crippen LogP) is 1.40. The van der Waals surface area contributed by atoms with Crippen molar-refractivity contribution in [2.45, 2.75) is 68.0 Å². The summed E-state index contributed by atoms with van der Waals surface area (Å²) in [6.07, 6.45) is 8.91. The summed E-state index contributed by atoms with van der Waals surface area (Å²) < 4.78 is 33.5. The molecule has 0 aliphatic carbocycles. The summed E-state index contributed by atoms with van der Waals surface area (Å²) in [6.45, 7) is 1.07. The Morgan fingerprint density at radius 1 is 1.20 bits per heavy atom. The number of hydrogen-bond acceptors (Lipinski definition) is 6. The van der Waals surface area contributed by atoms with Crippen LogP contribution in [0, 0.1) is 5.92 Å². The van der Waals surface area contributed by atoms with Crippen molar-refractivity contribution in [3.63, 3.8) is 0 Å². The molecule has 166 valence electrons. The normalized spacial score (nSPS) is 26.9.